The lowest BCUT2D eigenvalue weighted by atomic mass is 9.94. The Hall–Kier alpha value is -2.35. The molecule has 0 unspecified atom stereocenters. The topological polar surface area (TPSA) is 99.6 Å². The molecule has 1 aliphatic heterocycles. The lowest BCUT2D eigenvalue weighted by molar-refractivity contribution is 0.137. The van der Waals surface area contributed by atoms with Crippen LogP contribution in [0, 0.1) is 20.8 Å². The summed E-state index contributed by atoms with van der Waals surface area (Å²) in [5, 5.41) is 3.91. The quantitative estimate of drug-likeness (QED) is 0.651. The van der Waals surface area contributed by atoms with Crippen LogP contribution < -0.4 is 10.5 Å². The number of ether oxygens (including phenoxy) is 1. The molecule has 1 aliphatic rings. The molecule has 0 saturated heterocycles. The smallest absolute Gasteiger partial charge is 0.286 e. The molecule has 0 amide bonds. The molecule has 2 N–H and O–H groups in total. The summed E-state index contributed by atoms with van der Waals surface area (Å²) in [6, 6.07) is 1.64. The molecule has 0 bridgehead atoms. The Morgan fingerprint density at radius 2 is 1.96 bits per heavy atom. The predicted molar refractivity (Wildman–Crippen MR) is 95.5 cm³/mol. The zero-order valence-electron chi connectivity index (χ0n) is 15.0. The van der Waals surface area contributed by atoms with Crippen LogP contribution in [-0.2, 0) is 16.4 Å². The van der Waals surface area contributed by atoms with Crippen molar-refractivity contribution in [2.24, 2.45) is 10.1 Å². The standard InChI is InChI=1S/C17H22N4O3S/c1-10-11(2)15(12(3)13-9-17(4,5)24-14(10)13)25(22,23)20-16(18)21-8-6-7-19-21/h6-8H,9H2,1-5H3,(H2,18,20). The summed E-state index contributed by atoms with van der Waals surface area (Å²) < 4.78 is 36.9. The monoisotopic (exact) mass is 362 g/mol. The number of aromatic nitrogens is 2. The minimum atomic E-state index is -3.98. The number of benzene rings is 1. The van der Waals surface area contributed by atoms with Gasteiger partial charge in [0.1, 0.15) is 11.4 Å². The van der Waals surface area contributed by atoms with Crippen molar-refractivity contribution in [3.05, 3.63) is 40.7 Å². The molecule has 1 aromatic heterocycles. The van der Waals surface area contributed by atoms with Crippen molar-refractivity contribution in [2.45, 2.75) is 51.5 Å². The number of rotatable bonds is 2. The van der Waals surface area contributed by atoms with E-state index in [0.717, 1.165) is 16.9 Å². The molecule has 0 aliphatic carbocycles. The highest BCUT2D eigenvalue weighted by molar-refractivity contribution is 7.90. The second-order valence-electron chi connectivity index (χ2n) is 6.93. The normalized spacial score (nSPS) is 16.6. The van der Waals surface area contributed by atoms with Crippen LogP contribution in [0.2, 0.25) is 0 Å². The Kier molecular flexibility index (Phi) is 3.90. The molecule has 0 spiro atoms. The fourth-order valence-corrected chi connectivity index (χ4v) is 4.72. The second-order valence-corrected chi connectivity index (χ2v) is 8.47. The molecular weight excluding hydrogens is 340 g/mol. The maximum atomic E-state index is 12.9. The fraction of sp³-hybridized carbons (Fsp3) is 0.412. The molecule has 2 aromatic rings. The average molecular weight is 362 g/mol. The predicted octanol–water partition coefficient (Wildman–Crippen LogP) is 2.07. The highest BCUT2D eigenvalue weighted by Crippen LogP contribution is 2.44. The molecular formula is C17H22N4O3S. The Balaban J connectivity index is 2.19. The third-order valence-corrected chi connectivity index (χ3v) is 6.06. The van der Waals surface area contributed by atoms with E-state index in [1.807, 2.05) is 20.8 Å². The minimum Gasteiger partial charge on any atom is -0.487 e. The van der Waals surface area contributed by atoms with Crippen molar-refractivity contribution in [3.8, 4) is 5.75 Å². The summed E-state index contributed by atoms with van der Waals surface area (Å²) in [6.07, 6.45) is 3.69. The van der Waals surface area contributed by atoms with E-state index >= 15 is 0 Å². The van der Waals surface area contributed by atoms with Gasteiger partial charge in [-0.15, -0.1) is 4.40 Å². The van der Waals surface area contributed by atoms with Crippen molar-refractivity contribution >= 4 is 16.0 Å². The number of hydrogen-bond donors (Lipinski definition) is 1. The number of hydrogen-bond acceptors (Lipinski definition) is 4. The van der Waals surface area contributed by atoms with Crippen LogP contribution in [0.3, 0.4) is 0 Å². The zero-order valence-corrected chi connectivity index (χ0v) is 15.8. The average Bonchev–Trinajstić information content (AvgIpc) is 3.11. The van der Waals surface area contributed by atoms with Crippen LogP contribution in [0.25, 0.3) is 0 Å². The second kappa shape index (κ2) is 5.59. The lowest BCUT2D eigenvalue weighted by Gasteiger charge is -2.18. The van der Waals surface area contributed by atoms with Crippen LogP contribution in [0.1, 0.15) is 36.1 Å². The molecule has 8 heteroatoms. The highest BCUT2D eigenvalue weighted by Gasteiger charge is 2.36. The van der Waals surface area contributed by atoms with E-state index in [1.54, 1.807) is 26.1 Å². The zero-order chi connectivity index (χ0) is 18.6. The fourth-order valence-electron chi connectivity index (χ4n) is 3.25. The van der Waals surface area contributed by atoms with E-state index in [1.165, 1.54) is 10.9 Å². The maximum absolute atomic E-state index is 12.9. The molecule has 2 heterocycles. The number of sulfonamides is 1. The van der Waals surface area contributed by atoms with Crippen LogP contribution in [0.5, 0.6) is 5.75 Å². The van der Waals surface area contributed by atoms with Crippen LogP contribution >= 0.6 is 0 Å². The molecule has 25 heavy (non-hydrogen) atoms. The van der Waals surface area contributed by atoms with Crippen LogP contribution in [0.4, 0.5) is 0 Å². The first kappa shape index (κ1) is 17.5. The van der Waals surface area contributed by atoms with E-state index < -0.39 is 10.0 Å². The molecule has 134 valence electrons. The van der Waals surface area contributed by atoms with E-state index in [0.29, 0.717) is 17.5 Å². The van der Waals surface area contributed by atoms with E-state index in [2.05, 4.69) is 9.50 Å². The summed E-state index contributed by atoms with van der Waals surface area (Å²) in [5.74, 6) is 0.585. The molecule has 1 aromatic carbocycles. The molecule has 3 rings (SSSR count). The Bertz CT molecular complexity index is 974. The summed E-state index contributed by atoms with van der Waals surface area (Å²) in [6.45, 7) is 9.41. The van der Waals surface area contributed by atoms with Crippen molar-refractivity contribution < 1.29 is 13.2 Å². The van der Waals surface area contributed by atoms with Crippen molar-refractivity contribution in [1.82, 2.24) is 9.78 Å². The lowest BCUT2D eigenvalue weighted by Crippen LogP contribution is -2.25. The first-order valence-corrected chi connectivity index (χ1v) is 9.39. The summed E-state index contributed by atoms with van der Waals surface area (Å²) in [7, 11) is -3.98. The molecule has 0 radical (unpaired) electrons. The molecule has 7 nitrogen and oxygen atoms in total. The molecule has 0 fully saturated rings. The van der Waals surface area contributed by atoms with Gasteiger partial charge in [-0.25, -0.2) is 4.68 Å². The van der Waals surface area contributed by atoms with Crippen molar-refractivity contribution in [3.63, 3.8) is 0 Å². The molecule has 0 saturated carbocycles. The minimum absolute atomic E-state index is 0.195. The van der Waals surface area contributed by atoms with E-state index in [-0.39, 0.29) is 16.5 Å². The van der Waals surface area contributed by atoms with Gasteiger partial charge in [0.2, 0.25) is 5.96 Å². The number of nitrogens with zero attached hydrogens (tertiary/aromatic N) is 3. The van der Waals surface area contributed by atoms with Gasteiger partial charge in [-0.1, -0.05) is 0 Å². The van der Waals surface area contributed by atoms with Gasteiger partial charge in [-0.05, 0) is 57.4 Å². The molecule has 0 atom stereocenters. The summed E-state index contributed by atoms with van der Waals surface area (Å²) in [4.78, 5) is 0.195. The summed E-state index contributed by atoms with van der Waals surface area (Å²) >= 11 is 0. The van der Waals surface area contributed by atoms with Gasteiger partial charge in [0.15, 0.2) is 0 Å². The van der Waals surface area contributed by atoms with Gasteiger partial charge in [0.25, 0.3) is 10.0 Å². The van der Waals surface area contributed by atoms with Gasteiger partial charge in [0, 0.05) is 24.4 Å². The first-order valence-electron chi connectivity index (χ1n) is 7.95. The van der Waals surface area contributed by atoms with Crippen molar-refractivity contribution in [2.75, 3.05) is 0 Å². The van der Waals surface area contributed by atoms with Crippen LogP contribution in [-0.4, -0.2) is 29.8 Å². The third kappa shape index (κ3) is 2.90. The SMILES string of the molecule is Cc1c(C)c(S(=O)(=O)N=C(N)n2cccn2)c(C)c2c1OC(C)(C)C2. The Labute approximate surface area is 147 Å². The Morgan fingerprint density at radius 1 is 1.28 bits per heavy atom. The van der Waals surface area contributed by atoms with E-state index in [9.17, 15) is 8.42 Å². The largest absolute Gasteiger partial charge is 0.487 e. The van der Waals surface area contributed by atoms with Gasteiger partial charge in [-0.2, -0.15) is 13.5 Å². The summed E-state index contributed by atoms with van der Waals surface area (Å²) in [5.41, 5.74) is 8.48. The van der Waals surface area contributed by atoms with E-state index in [4.69, 9.17) is 10.5 Å². The van der Waals surface area contributed by atoms with Gasteiger partial charge >= 0.3 is 0 Å². The van der Waals surface area contributed by atoms with Crippen molar-refractivity contribution in [1.29, 1.82) is 0 Å². The van der Waals surface area contributed by atoms with Gasteiger partial charge in [-0.3, -0.25) is 0 Å². The third-order valence-electron chi connectivity index (χ3n) is 4.50. The van der Waals surface area contributed by atoms with Gasteiger partial charge in [0.05, 0.1) is 4.90 Å². The first-order chi connectivity index (χ1) is 11.5. The Morgan fingerprint density at radius 3 is 2.56 bits per heavy atom. The highest BCUT2D eigenvalue weighted by atomic mass is 32.2. The van der Waals surface area contributed by atoms with Gasteiger partial charge < -0.3 is 10.5 Å². The maximum Gasteiger partial charge on any atom is 0.286 e. The number of nitrogens with two attached hydrogens (primary N) is 1. The number of fused-ring (bicyclic) bond motifs is 1. The van der Waals surface area contributed by atoms with Crippen LogP contribution in [0.15, 0.2) is 27.8 Å².